The maximum absolute atomic E-state index is 9.60. The van der Waals surface area contributed by atoms with Crippen LogP contribution in [0.3, 0.4) is 0 Å². The normalized spacial score (nSPS) is 11.7. The van der Waals surface area contributed by atoms with Gasteiger partial charge in [-0.05, 0) is 35.7 Å². The quantitative estimate of drug-likeness (QED) is 0.476. The van der Waals surface area contributed by atoms with E-state index in [1.54, 1.807) is 18.7 Å². The molecule has 8 nitrogen and oxygen atoms in total. The minimum atomic E-state index is -0.0647. The van der Waals surface area contributed by atoms with Gasteiger partial charge in [0.1, 0.15) is 24.4 Å². The van der Waals surface area contributed by atoms with Gasteiger partial charge in [0.25, 0.3) is 0 Å². The second-order valence-corrected chi connectivity index (χ2v) is 6.57. The van der Waals surface area contributed by atoms with Crippen LogP contribution in [-0.4, -0.2) is 34.4 Å². The predicted octanol–water partition coefficient (Wildman–Crippen LogP) is 1.94. The van der Waals surface area contributed by atoms with Crippen molar-refractivity contribution in [2.75, 3.05) is 0 Å². The van der Waals surface area contributed by atoms with E-state index in [0.717, 1.165) is 22.5 Å². The fourth-order valence-corrected chi connectivity index (χ4v) is 3.46. The second-order valence-electron chi connectivity index (χ2n) is 6.57. The van der Waals surface area contributed by atoms with Crippen molar-refractivity contribution >= 4 is 0 Å². The minimum absolute atomic E-state index is 0.0647. The number of aliphatic hydroxyl groups is 1. The molecule has 0 unspecified atom stereocenters. The molecule has 8 heteroatoms. The number of hydrogen-bond donors (Lipinski definition) is 1. The average molecular weight is 384 g/mol. The summed E-state index contributed by atoms with van der Waals surface area (Å²) in [4.78, 5) is 8.42. The number of benzene rings is 1. The van der Waals surface area contributed by atoms with Gasteiger partial charge in [-0.1, -0.05) is 6.07 Å². The zero-order valence-electron chi connectivity index (χ0n) is 15.4. The largest absolute Gasteiger partial charge is 0.484 e. The highest BCUT2D eigenvalue weighted by molar-refractivity contribution is 5.70. The van der Waals surface area contributed by atoms with Gasteiger partial charge in [0.15, 0.2) is 11.6 Å². The standard InChI is InChI=1S/C21H16N6O2/c1-2-17-19-10-26-20(12-29-15-4-3-7-22-9-15)24-25-21(26)16-8-14(11-28)5-6-18(16)27(19)13-23-17/h1,3-9,13,28H,10-12H2. The molecule has 5 rings (SSSR count). The van der Waals surface area contributed by atoms with Gasteiger partial charge in [-0.15, -0.1) is 16.6 Å². The van der Waals surface area contributed by atoms with Crippen LogP contribution in [0.4, 0.5) is 0 Å². The first-order valence-electron chi connectivity index (χ1n) is 9.00. The van der Waals surface area contributed by atoms with Crippen LogP contribution in [0.2, 0.25) is 0 Å². The van der Waals surface area contributed by atoms with E-state index in [-0.39, 0.29) is 13.2 Å². The number of aromatic nitrogens is 6. The van der Waals surface area contributed by atoms with Crippen molar-refractivity contribution in [3.63, 3.8) is 0 Å². The Morgan fingerprint density at radius 2 is 2.17 bits per heavy atom. The number of nitrogens with zero attached hydrogens (tertiary/aromatic N) is 6. The summed E-state index contributed by atoms with van der Waals surface area (Å²) in [7, 11) is 0. The Hall–Kier alpha value is -3.96. The molecule has 0 fully saturated rings. The van der Waals surface area contributed by atoms with Crippen LogP contribution in [0.15, 0.2) is 49.1 Å². The first-order chi connectivity index (χ1) is 14.3. The Kier molecular flexibility index (Phi) is 4.08. The molecule has 1 aromatic carbocycles. The van der Waals surface area contributed by atoms with Crippen molar-refractivity contribution in [3.8, 4) is 35.2 Å². The highest BCUT2D eigenvalue weighted by atomic mass is 16.5. The third kappa shape index (κ3) is 2.85. The fraction of sp³-hybridized carbons (Fsp3) is 0.143. The van der Waals surface area contributed by atoms with E-state index in [1.165, 1.54) is 0 Å². The molecular weight excluding hydrogens is 368 g/mol. The predicted molar refractivity (Wildman–Crippen MR) is 104 cm³/mol. The fourth-order valence-electron chi connectivity index (χ4n) is 3.46. The van der Waals surface area contributed by atoms with E-state index < -0.39 is 0 Å². The number of aliphatic hydroxyl groups excluding tert-OH is 1. The highest BCUT2D eigenvalue weighted by Gasteiger charge is 2.26. The number of pyridine rings is 1. The van der Waals surface area contributed by atoms with Gasteiger partial charge in [0.05, 0.1) is 30.7 Å². The number of imidazole rings is 1. The molecule has 4 heterocycles. The first kappa shape index (κ1) is 17.2. The molecule has 29 heavy (non-hydrogen) atoms. The number of ether oxygens (including phenoxy) is 1. The molecule has 3 aromatic heterocycles. The van der Waals surface area contributed by atoms with Gasteiger partial charge in [0, 0.05) is 11.8 Å². The molecule has 0 spiro atoms. The molecule has 0 aliphatic carbocycles. The molecule has 0 radical (unpaired) electrons. The summed E-state index contributed by atoms with van der Waals surface area (Å²) in [5.74, 6) is 4.64. The second kappa shape index (κ2) is 6.89. The maximum Gasteiger partial charge on any atom is 0.171 e. The molecule has 0 bridgehead atoms. The van der Waals surface area contributed by atoms with Gasteiger partial charge in [-0.3, -0.25) is 9.55 Å². The van der Waals surface area contributed by atoms with E-state index >= 15 is 0 Å². The lowest BCUT2D eigenvalue weighted by Gasteiger charge is -2.09. The summed E-state index contributed by atoms with van der Waals surface area (Å²) < 4.78 is 9.76. The lowest BCUT2D eigenvalue weighted by molar-refractivity contribution is 0.282. The number of hydrogen-bond acceptors (Lipinski definition) is 6. The third-order valence-electron chi connectivity index (χ3n) is 4.88. The van der Waals surface area contributed by atoms with E-state index in [1.807, 2.05) is 39.5 Å². The topological polar surface area (TPSA) is 90.9 Å². The van der Waals surface area contributed by atoms with Crippen LogP contribution in [0.1, 0.15) is 22.8 Å². The zero-order chi connectivity index (χ0) is 19.8. The van der Waals surface area contributed by atoms with E-state index in [9.17, 15) is 5.11 Å². The summed E-state index contributed by atoms with van der Waals surface area (Å²) >= 11 is 0. The summed E-state index contributed by atoms with van der Waals surface area (Å²) in [6, 6.07) is 9.36. The van der Waals surface area contributed by atoms with Gasteiger partial charge < -0.3 is 14.4 Å². The van der Waals surface area contributed by atoms with Crippen LogP contribution >= 0.6 is 0 Å². The molecule has 1 aliphatic heterocycles. The molecule has 0 atom stereocenters. The molecule has 1 N–H and O–H groups in total. The third-order valence-corrected chi connectivity index (χ3v) is 4.88. The lowest BCUT2D eigenvalue weighted by atomic mass is 10.1. The van der Waals surface area contributed by atoms with Crippen LogP contribution in [0.25, 0.3) is 17.1 Å². The average Bonchev–Trinajstić information content (AvgIpc) is 3.33. The summed E-state index contributed by atoms with van der Waals surface area (Å²) in [5, 5.41) is 18.4. The number of terminal acetylenes is 1. The summed E-state index contributed by atoms with van der Waals surface area (Å²) in [5.41, 5.74) is 3.95. The molecule has 0 saturated carbocycles. The Morgan fingerprint density at radius 1 is 1.24 bits per heavy atom. The van der Waals surface area contributed by atoms with Crippen molar-refractivity contribution in [2.45, 2.75) is 19.8 Å². The van der Waals surface area contributed by atoms with Crippen molar-refractivity contribution in [1.29, 1.82) is 0 Å². The molecule has 4 aromatic rings. The Morgan fingerprint density at radius 3 is 2.97 bits per heavy atom. The number of rotatable bonds is 4. The number of fused-ring (bicyclic) bond motifs is 5. The van der Waals surface area contributed by atoms with Crippen molar-refractivity contribution in [3.05, 3.63) is 71.8 Å². The maximum atomic E-state index is 9.60. The van der Waals surface area contributed by atoms with Crippen LogP contribution < -0.4 is 4.74 Å². The van der Waals surface area contributed by atoms with E-state index in [4.69, 9.17) is 11.2 Å². The van der Waals surface area contributed by atoms with Crippen molar-refractivity contribution in [2.24, 2.45) is 0 Å². The van der Waals surface area contributed by atoms with Gasteiger partial charge >= 0.3 is 0 Å². The van der Waals surface area contributed by atoms with Crippen LogP contribution in [0.5, 0.6) is 5.75 Å². The molecular formula is C21H16N6O2. The first-order valence-corrected chi connectivity index (χ1v) is 9.00. The van der Waals surface area contributed by atoms with Gasteiger partial charge in [0.2, 0.25) is 0 Å². The van der Waals surface area contributed by atoms with Gasteiger partial charge in [-0.25, -0.2) is 4.98 Å². The molecule has 1 aliphatic rings. The van der Waals surface area contributed by atoms with Gasteiger partial charge in [-0.2, -0.15) is 0 Å². The summed E-state index contributed by atoms with van der Waals surface area (Å²) in [6.07, 6.45) is 10.7. The molecule has 0 saturated heterocycles. The Bertz CT molecular complexity index is 1240. The molecule has 142 valence electrons. The van der Waals surface area contributed by atoms with E-state index in [2.05, 4.69) is 26.1 Å². The van der Waals surface area contributed by atoms with Crippen LogP contribution in [-0.2, 0) is 19.8 Å². The monoisotopic (exact) mass is 384 g/mol. The van der Waals surface area contributed by atoms with E-state index in [0.29, 0.717) is 29.6 Å². The SMILES string of the molecule is C#Cc1ncn2c1Cn1c(COc3cccnc3)nnc1-c1cc(CO)ccc1-2. The highest BCUT2D eigenvalue weighted by Crippen LogP contribution is 2.33. The van der Waals surface area contributed by atoms with Crippen molar-refractivity contribution < 1.29 is 9.84 Å². The zero-order valence-corrected chi connectivity index (χ0v) is 15.4. The minimum Gasteiger partial charge on any atom is -0.484 e. The molecule has 0 amide bonds. The summed E-state index contributed by atoms with van der Waals surface area (Å²) in [6.45, 7) is 0.620. The smallest absolute Gasteiger partial charge is 0.171 e. The van der Waals surface area contributed by atoms with Crippen LogP contribution in [0, 0.1) is 12.3 Å². The van der Waals surface area contributed by atoms with Crippen molar-refractivity contribution in [1.82, 2.24) is 29.3 Å². The lowest BCUT2D eigenvalue weighted by Crippen LogP contribution is -2.10. The Labute approximate surface area is 166 Å². The Balaban J connectivity index is 1.63.